The van der Waals surface area contributed by atoms with Gasteiger partial charge in [-0.25, -0.2) is 0 Å². The third-order valence-corrected chi connectivity index (χ3v) is 5.13. The van der Waals surface area contributed by atoms with Crippen LogP contribution in [-0.2, 0) is 11.8 Å². The zero-order valence-electron chi connectivity index (χ0n) is 13.2. The number of hydrogen-bond acceptors (Lipinski definition) is 7. The Bertz CT molecular complexity index is 936. The topological polar surface area (TPSA) is 94.5 Å². The van der Waals surface area contributed by atoms with Crippen molar-refractivity contribution < 1.29 is 34.0 Å². The van der Waals surface area contributed by atoms with Crippen molar-refractivity contribution in [3.05, 3.63) is 41.0 Å². The molecule has 0 bridgehead atoms. The molecule has 25 heavy (non-hydrogen) atoms. The monoisotopic (exact) mass is 342 g/mol. The summed E-state index contributed by atoms with van der Waals surface area (Å²) in [5.41, 5.74) is 0.316. The molecule has 1 aliphatic carbocycles. The highest BCUT2D eigenvalue weighted by molar-refractivity contribution is 6.11. The van der Waals surface area contributed by atoms with E-state index in [0.717, 1.165) is 5.56 Å². The highest BCUT2D eigenvalue weighted by atomic mass is 16.7. The van der Waals surface area contributed by atoms with Crippen LogP contribution in [0.3, 0.4) is 0 Å². The van der Waals surface area contributed by atoms with Crippen LogP contribution in [0.5, 0.6) is 28.7 Å². The van der Waals surface area contributed by atoms with Gasteiger partial charge in [0, 0.05) is 12.1 Å². The second-order valence-corrected chi connectivity index (χ2v) is 6.33. The van der Waals surface area contributed by atoms with Gasteiger partial charge in [-0.05, 0) is 29.7 Å². The van der Waals surface area contributed by atoms with E-state index in [2.05, 4.69) is 0 Å². The predicted molar refractivity (Wildman–Crippen MR) is 83.6 cm³/mol. The Morgan fingerprint density at radius 1 is 1.16 bits per heavy atom. The molecule has 7 heteroatoms. The van der Waals surface area contributed by atoms with Gasteiger partial charge in [-0.1, -0.05) is 0 Å². The lowest BCUT2D eigenvalue weighted by Gasteiger charge is -2.47. The second kappa shape index (κ2) is 4.58. The van der Waals surface area contributed by atoms with E-state index in [4.69, 9.17) is 18.9 Å². The molecule has 7 nitrogen and oxygen atoms in total. The van der Waals surface area contributed by atoms with Crippen LogP contribution in [0, 0.1) is 0 Å². The first-order chi connectivity index (χ1) is 12.0. The molecule has 128 valence electrons. The predicted octanol–water partition coefficient (Wildman–Crippen LogP) is 1.52. The number of aliphatic hydroxyl groups is 1. The van der Waals surface area contributed by atoms with Gasteiger partial charge in [-0.3, -0.25) is 4.79 Å². The highest BCUT2D eigenvalue weighted by Gasteiger charge is 2.60. The number of fused-ring (bicyclic) bond motifs is 4. The third-order valence-electron chi connectivity index (χ3n) is 5.13. The summed E-state index contributed by atoms with van der Waals surface area (Å²) in [6.07, 6.45) is -1.07. The summed E-state index contributed by atoms with van der Waals surface area (Å²) in [5.74, 6) is 0.981. The molecular weight excluding hydrogens is 328 g/mol. The highest BCUT2D eigenvalue weighted by Crippen LogP contribution is 2.55. The lowest BCUT2D eigenvalue weighted by molar-refractivity contribution is -0.0818. The minimum absolute atomic E-state index is 0.0504. The number of hydrogen-bond donors (Lipinski definition) is 2. The lowest BCUT2D eigenvalue weighted by Crippen LogP contribution is -2.59. The van der Waals surface area contributed by atoms with E-state index in [1.54, 1.807) is 6.07 Å². The number of aromatic hydroxyl groups is 1. The first-order valence-corrected chi connectivity index (χ1v) is 7.78. The number of benzene rings is 2. The van der Waals surface area contributed by atoms with Crippen LogP contribution in [0.2, 0.25) is 0 Å². The third kappa shape index (κ3) is 1.65. The first kappa shape index (κ1) is 14.4. The van der Waals surface area contributed by atoms with Gasteiger partial charge < -0.3 is 29.2 Å². The molecule has 0 aromatic heterocycles. The average molecular weight is 342 g/mol. The van der Waals surface area contributed by atoms with Gasteiger partial charge in [0.05, 0.1) is 7.11 Å². The molecule has 1 unspecified atom stereocenters. The number of rotatable bonds is 1. The summed E-state index contributed by atoms with van der Waals surface area (Å²) in [5, 5.41) is 20.9. The van der Waals surface area contributed by atoms with Gasteiger partial charge in [-0.15, -0.1) is 0 Å². The molecule has 0 amide bonds. The fourth-order valence-electron chi connectivity index (χ4n) is 3.83. The maximum Gasteiger partial charge on any atom is 0.231 e. The van der Waals surface area contributed by atoms with Crippen molar-refractivity contribution in [2.75, 3.05) is 13.9 Å². The minimum Gasteiger partial charge on any atom is -0.507 e. The quantitative estimate of drug-likeness (QED) is 0.811. The Morgan fingerprint density at radius 2 is 1.92 bits per heavy atom. The Balaban J connectivity index is 1.66. The number of carbonyl (C=O) groups is 1. The summed E-state index contributed by atoms with van der Waals surface area (Å²) >= 11 is 0. The number of Topliss-reactive ketones (excluding diaryl/α,β-unsaturated/α-hetero) is 1. The molecule has 3 aliphatic rings. The Hall–Kier alpha value is -2.93. The fourth-order valence-corrected chi connectivity index (χ4v) is 3.83. The number of phenolic OH excluding ortho intramolecular Hbond substituents is 1. The lowest BCUT2D eigenvalue weighted by atomic mass is 9.59. The van der Waals surface area contributed by atoms with Gasteiger partial charge in [0.15, 0.2) is 17.3 Å². The minimum atomic E-state index is -1.37. The summed E-state index contributed by atoms with van der Waals surface area (Å²) < 4.78 is 21.4. The number of ether oxygens (including phenoxy) is 4. The Morgan fingerprint density at radius 3 is 2.68 bits per heavy atom. The van der Waals surface area contributed by atoms with Crippen LogP contribution in [0.4, 0.5) is 0 Å². The first-order valence-electron chi connectivity index (χ1n) is 7.78. The molecule has 0 radical (unpaired) electrons. The summed E-state index contributed by atoms with van der Waals surface area (Å²) in [7, 11) is 1.44. The molecule has 2 heterocycles. The molecule has 0 saturated heterocycles. The van der Waals surface area contributed by atoms with Crippen molar-refractivity contribution in [2.24, 2.45) is 0 Å². The van der Waals surface area contributed by atoms with Crippen LogP contribution in [-0.4, -0.2) is 36.2 Å². The van der Waals surface area contributed by atoms with Gasteiger partial charge in [-0.2, -0.15) is 0 Å². The molecular formula is C18H14O7. The van der Waals surface area contributed by atoms with E-state index >= 15 is 0 Å². The maximum atomic E-state index is 13.2. The van der Waals surface area contributed by atoms with Crippen LogP contribution >= 0.6 is 0 Å². The molecule has 1 spiro atoms. The summed E-state index contributed by atoms with van der Waals surface area (Å²) in [4.78, 5) is 13.2. The van der Waals surface area contributed by atoms with E-state index in [-0.39, 0.29) is 29.6 Å². The van der Waals surface area contributed by atoms with Crippen molar-refractivity contribution in [3.63, 3.8) is 0 Å². The molecule has 2 aliphatic heterocycles. The largest absolute Gasteiger partial charge is 0.507 e. The molecule has 0 fully saturated rings. The van der Waals surface area contributed by atoms with Crippen molar-refractivity contribution in [1.29, 1.82) is 0 Å². The number of methoxy groups -OCH3 is 1. The van der Waals surface area contributed by atoms with E-state index in [1.807, 2.05) is 6.07 Å². The van der Waals surface area contributed by atoms with Crippen LogP contribution in [0.1, 0.15) is 21.5 Å². The summed E-state index contributed by atoms with van der Waals surface area (Å²) in [6.45, 7) is 0.127. The fraction of sp³-hybridized carbons (Fsp3) is 0.278. The second-order valence-electron chi connectivity index (χ2n) is 6.33. The Labute approximate surface area is 142 Å². The maximum absolute atomic E-state index is 13.2. The normalized spacial score (nSPS) is 25.0. The molecule has 5 rings (SSSR count). The summed E-state index contributed by atoms with van der Waals surface area (Å²) in [6, 6.07) is 6.34. The van der Waals surface area contributed by atoms with Gasteiger partial charge in [0.2, 0.25) is 13.1 Å². The average Bonchev–Trinajstić information content (AvgIpc) is 3.02. The standard InChI is InChI=1S/C18H14O7/c1-22-9-3-11(19)15-14(4-9)25-17(21)18(16(15)20)6-8-2-12-13(5-10(8)18)24-7-23-12/h2-5,17,19,21H,6-7H2,1H3/t17?,18-/m1/s1. The number of carbonyl (C=O) groups excluding carboxylic acids is 1. The van der Waals surface area contributed by atoms with E-state index in [0.29, 0.717) is 29.2 Å². The molecule has 2 N–H and O–H groups in total. The molecule has 0 saturated carbocycles. The SMILES string of the molecule is COc1cc(O)c2c(c1)OC(O)[C@@]1(Cc3cc4c(cc31)OCO4)C2=O. The Kier molecular flexibility index (Phi) is 2.64. The van der Waals surface area contributed by atoms with E-state index < -0.39 is 11.7 Å². The smallest absolute Gasteiger partial charge is 0.231 e. The van der Waals surface area contributed by atoms with E-state index in [1.165, 1.54) is 19.2 Å². The van der Waals surface area contributed by atoms with Crippen LogP contribution in [0.25, 0.3) is 0 Å². The molecule has 2 aromatic carbocycles. The van der Waals surface area contributed by atoms with Gasteiger partial charge >= 0.3 is 0 Å². The van der Waals surface area contributed by atoms with Gasteiger partial charge in [0.25, 0.3) is 0 Å². The van der Waals surface area contributed by atoms with Crippen LogP contribution < -0.4 is 18.9 Å². The number of phenols is 1. The zero-order chi connectivity index (χ0) is 17.3. The van der Waals surface area contributed by atoms with Crippen molar-refractivity contribution in [1.82, 2.24) is 0 Å². The van der Waals surface area contributed by atoms with Crippen molar-refractivity contribution >= 4 is 5.78 Å². The zero-order valence-corrected chi connectivity index (χ0v) is 13.2. The molecule has 2 aromatic rings. The van der Waals surface area contributed by atoms with E-state index in [9.17, 15) is 15.0 Å². The van der Waals surface area contributed by atoms with Crippen molar-refractivity contribution in [3.8, 4) is 28.7 Å². The van der Waals surface area contributed by atoms with Crippen molar-refractivity contribution in [2.45, 2.75) is 18.1 Å². The van der Waals surface area contributed by atoms with Gasteiger partial charge in [0.1, 0.15) is 28.2 Å². The number of aliphatic hydroxyl groups excluding tert-OH is 1. The number of ketones is 1. The van der Waals surface area contributed by atoms with Crippen LogP contribution in [0.15, 0.2) is 24.3 Å². The molecule has 2 atom stereocenters.